The van der Waals surface area contributed by atoms with E-state index in [0.29, 0.717) is 0 Å². The van der Waals surface area contributed by atoms with Gasteiger partial charge in [-0.3, -0.25) is 0 Å². The third kappa shape index (κ3) is 6.98. The normalized spacial score (nSPS) is 12.9. The lowest BCUT2D eigenvalue weighted by molar-refractivity contribution is -0.143. The SMILES string of the molecule is CCOC(=O)/C=C(/O/N=C(\Cl)C(=O)OCC)C(F)(F)F. The van der Waals surface area contributed by atoms with Gasteiger partial charge in [0, 0.05) is 0 Å². The summed E-state index contributed by atoms with van der Waals surface area (Å²) in [6.45, 7) is 2.71. The Balaban J connectivity index is 4.98. The van der Waals surface area contributed by atoms with Crippen LogP contribution in [0, 0.1) is 0 Å². The zero-order valence-electron chi connectivity index (χ0n) is 10.5. The van der Waals surface area contributed by atoms with Gasteiger partial charge in [-0.15, -0.1) is 0 Å². The molecule has 0 amide bonds. The molecule has 0 bridgehead atoms. The number of hydrogen-bond donors (Lipinski definition) is 0. The predicted octanol–water partition coefficient (Wildman–Crippen LogP) is 2.13. The lowest BCUT2D eigenvalue weighted by Crippen LogP contribution is -2.18. The van der Waals surface area contributed by atoms with Gasteiger partial charge in [-0.2, -0.15) is 13.2 Å². The molecule has 0 heterocycles. The quantitative estimate of drug-likeness (QED) is 0.247. The van der Waals surface area contributed by atoms with Gasteiger partial charge in [0.15, 0.2) is 0 Å². The molecule has 0 aliphatic heterocycles. The Labute approximate surface area is 117 Å². The third-order valence-electron chi connectivity index (χ3n) is 1.48. The summed E-state index contributed by atoms with van der Waals surface area (Å²) in [5, 5.41) is 1.78. The second kappa shape index (κ2) is 8.41. The van der Waals surface area contributed by atoms with Crippen LogP contribution in [0.15, 0.2) is 17.0 Å². The number of rotatable bonds is 6. The van der Waals surface area contributed by atoms with Crippen molar-refractivity contribution in [1.29, 1.82) is 0 Å². The fourth-order valence-corrected chi connectivity index (χ4v) is 0.857. The number of nitrogens with zero attached hydrogens (tertiary/aromatic N) is 1. The van der Waals surface area contributed by atoms with E-state index in [9.17, 15) is 22.8 Å². The third-order valence-corrected chi connectivity index (χ3v) is 1.71. The summed E-state index contributed by atoms with van der Waals surface area (Å²) in [4.78, 5) is 25.8. The Morgan fingerprint density at radius 2 is 1.75 bits per heavy atom. The molecule has 6 nitrogen and oxygen atoms in total. The highest BCUT2D eigenvalue weighted by molar-refractivity contribution is 6.81. The molecule has 0 aromatic carbocycles. The van der Waals surface area contributed by atoms with Crippen LogP contribution in [-0.4, -0.2) is 36.5 Å². The summed E-state index contributed by atoms with van der Waals surface area (Å²) in [5.74, 6) is -4.22. The van der Waals surface area contributed by atoms with E-state index in [2.05, 4.69) is 19.5 Å². The van der Waals surface area contributed by atoms with Gasteiger partial charge in [0.1, 0.15) is 0 Å². The molecular formula is C10H11ClF3NO5. The lowest BCUT2D eigenvalue weighted by atomic mass is 10.4. The molecule has 0 rings (SSSR count). The van der Waals surface area contributed by atoms with Gasteiger partial charge < -0.3 is 14.3 Å². The van der Waals surface area contributed by atoms with Gasteiger partial charge in [-0.1, -0.05) is 16.8 Å². The van der Waals surface area contributed by atoms with Crippen molar-refractivity contribution in [3.8, 4) is 0 Å². The van der Waals surface area contributed by atoms with E-state index < -0.39 is 29.0 Å². The van der Waals surface area contributed by atoms with Gasteiger partial charge in [0.25, 0.3) is 5.17 Å². The van der Waals surface area contributed by atoms with Crippen molar-refractivity contribution in [2.45, 2.75) is 20.0 Å². The molecule has 0 N–H and O–H groups in total. The summed E-state index contributed by atoms with van der Waals surface area (Å²) in [5.41, 5.74) is 0. The molecule has 0 aliphatic rings. The molecule has 0 aromatic rings. The smallest absolute Gasteiger partial charge is 0.452 e. The van der Waals surface area contributed by atoms with Gasteiger partial charge in [0.05, 0.1) is 19.3 Å². The van der Waals surface area contributed by atoms with Gasteiger partial charge in [-0.25, -0.2) is 9.59 Å². The molecule has 0 atom stereocenters. The number of esters is 2. The standard InChI is InChI=1S/C10H11ClF3NO5/c1-3-18-7(16)5-6(10(12,13)14)20-15-8(11)9(17)19-4-2/h5H,3-4H2,1-2H3/b6-5+,15-8-. The van der Waals surface area contributed by atoms with Crippen LogP contribution < -0.4 is 0 Å². The van der Waals surface area contributed by atoms with Crippen molar-refractivity contribution in [1.82, 2.24) is 0 Å². The number of carbonyl (C=O) groups is 2. The largest absolute Gasteiger partial charge is 0.463 e. The Morgan fingerprint density at radius 1 is 1.20 bits per heavy atom. The molecule has 20 heavy (non-hydrogen) atoms. The van der Waals surface area contributed by atoms with Crippen LogP contribution in [0.4, 0.5) is 13.2 Å². The molecular weight excluding hydrogens is 307 g/mol. The summed E-state index contributed by atoms with van der Waals surface area (Å²) in [6, 6.07) is 0. The minimum atomic E-state index is -5.01. The number of allylic oxidation sites excluding steroid dienone is 1. The zero-order chi connectivity index (χ0) is 15.8. The van der Waals surface area contributed by atoms with Crippen LogP contribution in [-0.2, 0) is 23.9 Å². The Bertz CT molecular complexity index is 420. The van der Waals surface area contributed by atoms with Crippen molar-refractivity contribution in [2.75, 3.05) is 13.2 Å². The van der Waals surface area contributed by atoms with E-state index in [0.717, 1.165) is 0 Å². The average molecular weight is 318 g/mol. The summed E-state index contributed by atoms with van der Waals surface area (Å²) >= 11 is 5.24. The molecule has 114 valence electrons. The van der Waals surface area contributed by atoms with E-state index in [-0.39, 0.29) is 19.3 Å². The minimum absolute atomic E-state index is 0.0440. The first-order chi connectivity index (χ1) is 9.22. The fraction of sp³-hybridized carbons (Fsp3) is 0.500. The molecule has 0 unspecified atom stereocenters. The van der Waals surface area contributed by atoms with Gasteiger partial charge >= 0.3 is 18.1 Å². The van der Waals surface area contributed by atoms with E-state index >= 15 is 0 Å². The monoisotopic (exact) mass is 317 g/mol. The van der Waals surface area contributed by atoms with Gasteiger partial charge in [-0.05, 0) is 13.8 Å². The number of hydrogen-bond acceptors (Lipinski definition) is 6. The zero-order valence-corrected chi connectivity index (χ0v) is 11.2. The predicted molar refractivity (Wildman–Crippen MR) is 61.8 cm³/mol. The maximum atomic E-state index is 12.5. The molecule has 0 spiro atoms. The first kappa shape index (κ1) is 18.2. The number of alkyl halides is 3. The molecule has 0 fully saturated rings. The van der Waals surface area contributed by atoms with Crippen molar-refractivity contribution in [3.63, 3.8) is 0 Å². The number of carbonyl (C=O) groups excluding carboxylic acids is 2. The van der Waals surface area contributed by atoms with Crippen LogP contribution in [0.5, 0.6) is 0 Å². The van der Waals surface area contributed by atoms with Gasteiger partial charge in [0.2, 0.25) is 5.76 Å². The molecule has 0 saturated carbocycles. The van der Waals surface area contributed by atoms with E-state index in [1.807, 2.05) is 0 Å². The molecule has 0 saturated heterocycles. The minimum Gasteiger partial charge on any atom is -0.463 e. The Hall–Kier alpha value is -1.77. The summed E-state index contributed by atoms with van der Waals surface area (Å²) < 4.78 is 46.1. The van der Waals surface area contributed by atoms with E-state index in [1.165, 1.54) is 13.8 Å². The van der Waals surface area contributed by atoms with Crippen LogP contribution in [0.2, 0.25) is 0 Å². The van der Waals surface area contributed by atoms with Crippen molar-refractivity contribution >= 4 is 28.7 Å². The Kier molecular flexibility index (Phi) is 7.67. The van der Waals surface area contributed by atoms with E-state index in [1.54, 1.807) is 0 Å². The Morgan fingerprint density at radius 3 is 2.20 bits per heavy atom. The first-order valence-corrected chi connectivity index (χ1v) is 5.63. The van der Waals surface area contributed by atoms with Crippen LogP contribution in [0.25, 0.3) is 0 Å². The number of ether oxygens (including phenoxy) is 2. The number of oxime groups is 1. The first-order valence-electron chi connectivity index (χ1n) is 5.25. The fourth-order valence-electron chi connectivity index (χ4n) is 0.768. The molecule has 10 heteroatoms. The van der Waals surface area contributed by atoms with Crippen molar-refractivity contribution in [2.24, 2.45) is 5.16 Å². The van der Waals surface area contributed by atoms with Crippen LogP contribution >= 0.6 is 11.6 Å². The van der Waals surface area contributed by atoms with Crippen molar-refractivity contribution in [3.05, 3.63) is 11.8 Å². The second-order valence-electron chi connectivity index (χ2n) is 2.95. The maximum absolute atomic E-state index is 12.5. The lowest BCUT2D eigenvalue weighted by Gasteiger charge is -2.08. The molecule has 0 aromatic heterocycles. The molecule has 0 aliphatic carbocycles. The summed E-state index contributed by atoms with van der Waals surface area (Å²) in [6.07, 6.45) is -4.97. The maximum Gasteiger partial charge on any atom is 0.452 e. The summed E-state index contributed by atoms with van der Waals surface area (Å²) in [7, 11) is 0. The van der Waals surface area contributed by atoms with Crippen LogP contribution in [0.3, 0.4) is 0 Å². The second-order valence-corrected chi connectivity index (χ2v) is 3.31. The van der Waals surface area contributed by atoms with Crippen molar-refractivity contribution < 1.29 is 37.1 Å². The van der Waals surface area contributed by atoms with Crippen LogP contribution in [0.1, 0.15) is 13.8 Å². The highest BCUT2D eigenvalue weighted by Crippen LogP contribution is 2.26. The van der Waals surface area contributed by atoms with E-state index in [4.69, 9.17) is 11.6 Å². The average Bonchev–Trinajstić information content (AvgIpc) is 2.33. The highest BCUT2D eigenvalue weighted by atomic mass is 35.5. The molecule has 0 radical (unpaired) electrons. The highest BCUT2D eigenvalue weighted by Gasteiger charge is 2.38. The topological polar surface area (TPSA) is 74.2 Å². The number of halogens is 4.